The van der Waals surface area contributed by atoms with Crippen LogP contribution in [0.25, 0.3) is 0 Å². The smallest absolute Gasteiger partial charge is 0.306 e. The van der Waals surface area contributed by atoms with Crippen molar-refractivity contribution in [3.05, 3.63) is 97.2 Å². The van der Waals surface area contributed by atoms with E-state index in [1.165, 1.54) is 57.8 Å². The van der Waals surface area contributed by atoms with Gasteiger partial charge < -0.3 is 20.3 Å². The van der Waals surface area contributed by atoms with E-state index in [2.05, 4.69) is 123 Å². The number of hydrogen-bond acceptors (Lipinski definition) is 5. The van der Waals surface area contributed by atoms with E-state index in [1.807, 2.05) is 0 Å². The highest BCUT2D eigenvalue weighted by Crippen LogP contribution is 2.17. The molecule has 1 amide bonds. The van der Waals surface area contributed by atoms with Crippen LogP contribution in [0.2, 0.25) is 0 Å². The Morgan fingerprint density at radius 3 is 1.28 bits per heavy atom. The predicted octanol–water partition coefficient (Wildman–Crippen LogP) is 16.1. The fraction of sp³-hybridized carbons (Fsp3) is 0.690. The van der Waals surface area contributed by atoms with Crippen molar-refractivity contribution in [2.75, 3.05) is 6.61 Å². The van der Waals surface area contributed by atoms with Crippen LogP contribution in [-0.4, -0.2) is 46.9 Å². The third-order valence-corrected chi connectivity index (χ3v) is 11.4. The van der Waals surface area contributed by atoms with Gasteiger partial charge in [-0.15, -0.1) is 0 Å². The number of ether oxygens (including phenoxy) is 1. The topological polar surface area (TPSA) is 95.9 Å². The second kappa shape index (κ2) is 50.8. The quantitative estimate of drug-likeness (QED) is 0.0321. The van der Waals surface area contributed by atoms with Crippen molar-refractivity contribution < 1.29 is 24.5 Å². The SMILES string of the molecule is CC/C=C\C/C=C\C/C=C\C/C=C\C/C=C\CCCCCC(=O)OC(CCCCCC/C=C/C/C=C/C/C=C/CC)CC(=O)NC(CO)C(O)CCCCCCCCCCCCCC. The number of carbonyl (C=O) groups is 2. The third-order valence-electron chi connectivity index (χ3n) is 11.4. The van der Waals surface area contributed by atoms with Crippen LogP contribution < -0.4 is 5.32 Å². The van der Waals surface area contributed by atoms with Crippen molar-refractivity contribution in [2.45, 2.75) is 251 Å². The number of esters is 1. The molecular formula is C58H99NO5. The van der Waals surface area contributed by atoms with E-state index in [9.17, 15) is 19.8 Å². The van der Waals surface area contributed by atoms with Crippen molar-refractivity contribution in [1.29, 1.82) is 0 Å². The summed E-state index contributed by atoms with van der Waals surface area (Å²) < 4.78 is 5.92. The van der Waals surface area contributed by atoms with Gasteiger partial charge in [-0.1, -0.05) is 214 Å². The van der Waals surface area contributed by atoms with Gasteiger partial charge in [0.1, 0.15) is 6.10 Å². The summed E-state index contributed by atoms with van der Waals surface area (Å²) in [5, 5.41) is 23.8. The minimum absolute atomic E-state index is 0.0438. The van der Waals surface area contributed by atoms with Crippen molar-refractivity contribution in [1.82, 2.24) is 5.32 Å². The first-order chi connectivity index (χ1) is 31.5. The van der Waals surface area contributed by atoms with Crippen molar-refractivity contribution in [3.8, 4) is 0 Å². The summed E-state index contributed by atoms with van der Waals surface area (Å²) in [5.74, 6) is -0.540. The molecular weight excluding hydrogens is 791 g/mol. The lowest BCUT2D eigenvalue weighted by molar-refractivity contribution is -0.151. The zero-order chi connectivity index (χ0) is 46.7. The Balaban J connectivity index is 4.68. The number of nitrogens with one attached hydrogen (secondary N) is 1. The Labute approximate surface area is 395 Å². The molecule has 366 valence electrons. The highest BCUT2D eigenvalue weighted by Gasteiger charge is 2.24. The van der Waals surface area contributed by atoms with Gasteiger partial charge in [-0.2, -0.15) is 0 Å². The molecule has 0 saturated heterocycles. The minimum Gasteiger partial charge on any atom is -0.462 e. The largest absolute Gasteiger partial charge is 0.462 e. The second-order valence-corrected chi connectivity index (χ2v) is 17.5. The predicted molar refractivity (Wildman–Crippen MR) is 277 cm³/mol. The van der Waals surface area contributed by atoms with Gasteiger partial charge in [-0.25, -0.2) is 0 Å². The lowest BCUT2D eigenvalue weighted by atomic mass is 10.0. The zero-order valence-electron chi connectivity index (χ0n) is 41.6. The van der Waals surface area contributed by atoms with E-state index in [0.29, 0.717) is 19.3 Å². The number of carbonyl (C=O) groups excluding carboxylic acids is 2. The summed E-state index contributed by atoms with van der Waals surface area (Å²) in [4.78, 5) is 26.2. The van der Waals surface area contributed by atoms with E-state index in [4.69, 9.17) is 4.74 Å². The Morgan fingerprint density at radius 1 is 0.469 bits per heavy atom. The number of rotatable bonds is 46. The lowest BCUT2D eigenvalue weighted by Gasteiger charge is -2.24. The average molecular weight is 890 g/mol. The van der Waals surface area contributed by atoms with Gasteiger partial charge in [-0.05, 0) is 103 Å². The number of aliphatic hydroxyl groups is 2. The molecule has 3 atom stereocenters. The number of unbranched alkanes of at least 4 members (excludes halogenated alkanes) is 18. The van der Waals surface area contributed by atoms with E-state index >= 15 is 0 Å². The summed E-state index contributed by atoms with van der Waals surface area (Å²) in [6.45, 7) is 6.24. The van der Waals surface area contributed by atoms with Gasteiger partial charge in [0.2, 0.25) is 5.91 Å². The normalized spacial score (nSPS) is 14.0. The summed E-state index contributed by atoms with van der Waals surface area (Å²) in [6, 6.07) is -0.721. The average Bonchev–Trinajstić information content (AvgIpc) is 3.29. The van der Waals surface area contributed by atoms with E-state index in [-0.39, 0.29) is 24.9 Å². The molecule has 0 aromatic heterocycles. The standard InChI is InChI=1S/C58H99NO5/c1-4-7-10-13-16-19-22-25-27-28-29-30-31-33-36-39-42-45-48-51-58(63)64-54(49-46-43-40-37-34-32-26-23-20-17-14-11-8-5-2)52-57(62)59-55(53-60)56(61)50-47-44-41-38-35-24-21-18-15-12-9-6-3/h7-8,10-11,16-17,19-20,25-27,29-30,32-33,36,54-56,60-61H,4-6,9,12-15,18,21-24,28,31,34-35,37-53H2,1-3H3,(H,59,62)/b10-7-,11-8+,19-16-,20-17+,27-25-,30-29-,32-26+,36-33-. The molecule has 0 heterocycles. The first kappa shape index (κ1) is 60.8. The lowest BCUT2D eigenvalue weighted by Crippen LogP contribution is -2.46. The van der Waals surface area contributed by atoms with Crippen molar-refractivity contribution >= 4 is 11.9 Å². The second-order valence-electron chi connectivity index (χ2n) is 17.5. The third kappa shape index (κ3) is 45.4. The molecule has 6 nitrogen and oxygen atoms in total. The van der Waals surface area contributed by atoms with Crippen LogP contribution in [-0.2, 0) is 14.3 Å². The number of amides is 1. The van der Waals surface area contributed by atoms with Gasteiger partial charge in [-0.3, -0.25) is 9.59 Å². The molecule has 0 bridgehead atoms. The molecule has 0 rings (SSSR count). The molecule has 0 aliphatic rings. The molecule has 6 heteroatoms. The monoisotopic (exact) mass is 890 g/mol. The maximum Gasteiger partial charge on any atom is 0.306 e. The van der Waals surface area contributed by atoms with Crippen LogP contribution in [0.4, 0.5) is 0 Å². The van der Waals surface area contributed by atoms with Gasteiger partial charge in [0.05, 0.1) is 25.2 Å². The molecule has 0 saturated carbocycles. The first-order valence-corrected chi connectivity index (χ1v) is 26.5. The van der Waals surface area contributed by atoms with E-state index in [1.54, 1.807) is 0 Å². The Kier molecular flexibility index (Phi) is 48.2. The van der Waals surface area contributed by atoms with Gasteiger partial charge in [0, 0.05) is 6.42 Å². The molecule has 0 aliphatic heterocycles. The molecule has 3 unspecified atom stereocenters. The first-order valence-electron chi connectivity index (χ1n) is 26.5. The summed E-state index contributed by atoms with van der Waals surface area (Å²) in [7, 11) is 0. The summed E-state index contributed by atoms with van der Waals surface area (Å²) in [5.41, 5.74) is 0. The Hall–Kier alpha value is -3.22. The van der Waals surface area contributed by atoms with E-state index in [0.717, 1.165) is 128 Å². The molecule has 0 aromatic rings. The minimum atomic E-state index is -0.805. The summed E-state index contributed by atoms with van der Waals surface area (Å²) in [6.07, 6.45) is 67.5. The van der Waals surface area contributed by atoms with Crippen molar-refractivity contribution in [2.24, 2.45) is 0 Å². The molecule has 0 aliphatic carbocycles. The van der Waals surface area contributed by atoms with Crippen LogP contribution in [0.15, 0.2) is 97.2 Å². The number of aliphatic hydroxyl groups excluding tert-OH is 2. The maximum atomic E-state index is 13.2. The highest BCUT2D eigenvalue weighted by atomic mass is 16.5. The van der Waals surface area contributed by atoms with Crippen LogP contribution >= 0.6 is 0 Å². The Morgan fingerprint density at radius 2 is 0.844 bits per heavy atom. The molecule has 0 spiro atoms. The van der Waals surface area contributed by atoms with Gasteiger partial charge in [0.25, 0.3) is 0 Å². The number of allylic oxidation sites excluding steroid dienone is 16. The van der Waals surface area contributed by atoms with E-state index < -0.39 is 18.2 Å². The molecule has 0 radical (unpaired) electrons. The fourth-order valence-corrected chi connectivity index (χ4v) is 7.47. The molecule has 0 fully saturated rings. The molecule has 0 aromatic carbocycles. The zero-order valence-corrected chi connectivity index (χ0v) is 41.6. The van der Waals surface area contributed by atoms with Crippen LogP contribution in [0, 0.1) is 0 Å². The summed E-state index contributed by atoms with van der Waals surface area (Å²) >= 11 is 0. The van der Waals surface area contributed by atoms with Crippen LogP contribution in [0.3, 0.4) is 0 Å². The van der Waals surface area contributed by atoms with Crippen LogP contribution in [0.5, 0.6) is 0 Å². The van der Waals surface area contributed by atoms with Crippen molar-refractivity contribution in [3.63, 3.8) is 0 Å². The van der Waals surface area contributed by atoms with Crippen LogP contribution in [0.1, 0.15) is 233 Å². The van der Waals surface area contributed by atoms with Gasteiger partial charge >= 0.3 is 5.97 Å². The molecule has 3 N–H and O–H groups in total. The molecule has 64 heavy (non-hydrogen) atoms. The number of hydrogen-bond donors (Lipinski definition) is 3. The van der Waals surface area contributed by atoms with Gasteiger partial charge in [0.15, 0.2) is 0 Å². The Bertz CT molecular complexity index is 1270. The maximum absolute atomic E-state index is 13.2. The highest BCUT2D eigenvalue weighted by molar-refractivity contribution is 5.77. The fourth-order valence-electron chi connectivity index (χ4n) is 7.47.